The summed E-state index contributed by atoms with van der Waals surface area (Å²) in [7, 11) is -3.39. The lowest BCUT2D eigenvalue weighted by atomic mass is 10.2. The van der Waals surface area contributed by atoms with Crippen molar-refractivity contribution in [2.24, 2.45) is 5.73 Å². The maximum atomic E-state index is 11.7. The van der Waals surface area contributed by atoms with E-state index in [4.69, 9.17) is 5.73 Å². The molecule has 0 aliphatic rings. The molecule has 84 valence electrons. The molecule has 14 heavy (non-hydrogen) atoms. The van der Waals surface area contributed by atoms with Crippen LogP contribution in [0.4, 0.5) is 0 Å². The molecular formula is C9H19NO3S. The number of amides is 1. The minimum atomic E-state index is -3.39. The number of nitrogens with two attached hydrogens (primary N) is 1. The van der Waals surface area contributed by atoms with E-state index in [1.807, 2.05) is 6.92 Å². The third-order valence-corrected chi connectivity index (χ3v) is 4.77. The number of hydrogen-bond acceptors (Lipinski definition) is 3. The lowest BCUT2D eigenvalue weighted by molar-refractivity contribution is -0.117. The van der Waals surface area contributed by atoms with Crippen molar-refractivity contribution in [2.75, 3.05) is 0 Å². The standard InChI is InChI=1S/C9H19NO3S/c1-4-5-6-8(9(10)11)14(12,13)7(2)3/h7-8H,4-6H2,1-3H3,(H2,10,11). The maximum Gasteiger partial charge on any atom is 0.235 e. The first-order valence-electron chi connectivity index (χ1n) is 4.86. The molecule has 4 nitrogen and oxygen atoms in total. The van der Waals surface area contributed by atoms with Gasteiger partial charge in [0, 0.05) is 0 Å². The van der Waals surface area contributed by atoms with Crippen molar-refractivity contribution in [1.82, 2.24) is 0 Å². The molecule has 0 aromatic rings. The van der Waals surface area contributed by atoms with E-state index in [0.29, 0.717) is 12.8 Å². The Labute approximate surface area is 85.8 Å². The lowest BCUT2D eigenvalue weighted by Crippen LogP contribution is -2.39. The van der Waals surface area contributed by atoms with Crippen LogP contribution in [0.15, 0.2) is 0 Å². The Morgan fingerprint density at radius 3 is 2.14 bits per heavy atom. The van der Waals surface area contributed by atoms with Crippen LogP contribution in [0.1, 0.15) is 40.0 Å². The lowest BCUT2D eigenvalue weighted by Gasteiger charge is -2.16. The monoisotopic (exact) mass is 221 g/mol. The molecule has 1 amide bonds. The molecule has 0 bridgehead atoms. The van der Waals surface area contributed by atoms with Crippen LogP contribution in [0, 0.1) is 0 Å². The molecule has 5 heteroatoms. The largest absolute Gasteiger partial charge is 0.369 e. The predicted octanol–water partition coefficient (Wildman–Crippen LogP) is 0.854. The highest BCUT2D eigenvalue weighted by molar-refractivity contribution is 7.93. The first kappa shape index (κ1) is 13.4. The van der Waals surface area contributed by atoms with Gasteiger partial charge in [-0.2, -0.15) is 0 Å². The fourth-order valence-electron chi connectivity index (χ4n) is 1.19. The molecule has 0 spiro atoms. The Morgan fingerprint density at radius 2 is 1.86 bits per heavy atom. The van der Waals surface area contributed by atoms with Gasteiger partial charge in [0.15, 0.2) is 9.84 Å². The highest BCUT2D eigenvalue weighted by atomic mass is 32.2. The van der Waals surface area contributed by atoms with E-state index >= 15 is 0 Å². The molecule has 0 fully saturated rings. The van der Waals surface area contributed by atoms with E-state index in [0.717, 1.165) is 6.42 Å². The predicted molar refractivity (Wildman–Crippen MR) is 56.6 cm³/mol. The summed E-state index contributed by atoms with van der Waals surface area (Å²) in [5, 5.41) is -1.56. The summed E-state index contributed by atoms with van der Waals surface area (Å²) in [4.78, 5) is 11.0. The third kappa shape index (κ3) is 3.29. The molecule has 0 saturated carbocycles. The van der Waals surface area contributed by atoms with E-state index in [1.165, 1.54) is 0 Å². The van der Waals surface area contributed by atoms with E-state index < -0.39 is 26.2 Å². The van der Waals surface area contributed by atoms with Gasteiger partial charge in [-0.05, 0) is 20.3 Å². The van der Waals surface area contributed by atoms with Gasteiger partial charge in [-0.1, -0.05) is 19.8 Å². The van der Waals surface area contributed by atoms with Gasteiger partial charge >= 0.3 is 0 Å². The smallest absolute Gasteiger partial charge is 0.235 e. The van der Waals surface area contributed by atoms with Crippen LogP contribution in [0.5, 0.6) is 0 Å². The summed E-state index contributed by atoms with van der Waals surface area (Å²) in [5.41, 5.74) is 5.08. The van der Waals surface area contributed by atoms with E-state index in [9.17, 15) is 13.2 Å². The molecule has 0 saturated heterocycles. The molecule has 0 aromatic heterocycles. The number of rotatable bonds is 6. The maximum absolute atomic E-state index is 11.7. The van der Waals surface area contributed by atoms with Crippen LogP contribution in [0.2, 0.25) is 0 Å². The van der Waals surface area contributed by atoms with Gasteiger partial charge in [-0.3, -0.25) is 4.79 Å². The molecule has 0 aromatic carbocycles. The molecule has 0 radical (unpaired) electrons. The number of sulfone groups is 1. The third-order valence-electron chi connectivity index (χ3n) is 2.19. The van der Waals surface area contributed by atoms with Crippen molar-refractivity contribution in [3.05, 3.63) is 0 Å². The quantitative estimate of drug-likeness (QED) is 0.722. The summed E-state index contributed by atoms with van der Waals surface area (Å²) < 4.78 is 23.4. The molecular weight excluding hydrogens is 202 g/mol. The van der Waals surface area contributed by atoms with Crippen LogP contribution >= 0.6 is 0 Å². The minimum Gasteiger partial charge on any atom is -0.369 e. The van der Waals surface area contributed by atoms with Gasteiger partial charge in [0.25, 0.3) is 0 Å². The Morgan fingerprint density at radius 1 is 1.36 bits per heavy atom. The number of primary amides is 1. The zero-order chi connectivity index (χ0) is 11.4. The molecule has 0 aliphatic heterocycles. The van der Waals surface area contributed by atoms with Crippen molar-refractivity contribution < 1.29 is 13.2 Å². The van der Waals surface area contributed by atoms with Crippen LogP contribution in [-0.4, -0.2) is 24.8 Å². The molecule has 0 aliphatic carbocycles. The number of carbonyl (C=O) groups excluding carboxylic acids is 1. The topological polar surface area (TPSA) is 77.2 Å². The van der Waals surface area contributed by atoms with Crippen molar-refractivity contribution in [2.45, 2.75) is 50.5 Å². The first-order valence-corrected chi connectivity index (χ1v) is 6.47. The normalized spacial score (nSPS) is 14.3. The fraction of sp³-hybridized carbons (Fsp3) is 0.889. The SMILES string of the molecule is CCCCC(C(N)=O)S(=O)(=O)C(C)C. The van der Waals surface area contributed by atoms with E-state index in [1.54, 1.807) is 13.8 Å². The number of unbranched alkanes of at least 4 members (excludes halogenated alkanes) is 1. The second kappa shape index (κ2) is 5.34. The zero-order valence-electron chi connectivity index (χ0n) is 8.99. The van der Waals surface area contributed by atoms with Crippen LogP contribution in [0.25, 0.3) is 0 Å². The van der Waals surface area contributed by atoms with Crippen molar-refractivity contribution in [1.29, 1.82) is 0 Å². The van der Waals surface area contributed by atoms with Crippen LogP contribution in [0.3, 0.4) is 0 Å². The Kier molecular flexibility index (Phi) is 5.12. The van der Waals surface area contributed by atoms with Gasteiger partial charge in [-0.15, -0.1) is 0 Å². The summed E-state index contributed by atoms with van der Waals surface area (Å²) >= 11 is 0. The van der Waals surface area contributed by atoms with Crippen LogP contribution in [-0.2, 0) is 14.6 Å². The molecule has 1 unspecified atom stereocenters. The Hall–Kier alpha value is -0.580. The summed E-state index contributed by atoms with van der Waals surface area (Å²) in [6, 6.07) is 0. The first-order chi connectivity index (χ1) is 6.34. The van der Waals surface area contributed by atoms with Gasteiger partial charge in [-0.25, -0.2) is 8.42 Å². The second-order valence-electron chi connectivity index (χ2n) is 3.67. The van der Waals surface area contributed by atoms with Crippen molar-refractivity contribution in [3.8, 4) is 0 Å². The number of carbonyl (C=O) groups is 1. The molecule has 0 heterocycles. The van der Waals surface area contributed by atoms with Crippen molar-refractivity contribution >= 4 is 15.7 Å². The summed E-state index contributed by atoms with van der Waals surface area (Å²) in [5.74, 6) is -0.729. The molecule has 0 rings (SSSR count). The Bertz CT molecular complexity index is 282. The summed E-state index contributed by atoms with van der Waals surface area (Å²) in [6.45, 7) is 5.08. The number of hydrogen-bond donors (Lipinski definition) is 1. The fourth-order valence-corrected chi connectivity index (χ4v) is 2.66. The minimum absolute atomic E-state index is 0.340. The van der Waals surface area contributed by atoms with Crippen molar-refractivity contribution in [3.63, 3.8) is 0 Å². The highest BCUT2D eigenvalue weighted by Crippen LogP contribution is 2.15. The van der Waals surface area contributed by atoms with Crippen LogP contribution < -0.4 is 5.73 Å². The Balaban J connectivity index is 4.75. The average molecular weight is 221 g/mol. The van der Waals surface area contributed by atoms with E-state index in [-0.39, 0.29) is 0 Å². The highest BCUT2D eigenvalue weighted by Gasteiger charge is 2.32. The molecule has 2 N–H and O–H groups in total. The summed E-state index contributed by atoms with van der Waals surface area (Å²) in [6.07, 6.45) is 1.91. The van der Waals surface area contributed by atoms with Gasteiger partial charge in [0.05, 0.1) is 5.25 Å². The zero-order valence-corrected chi connectivity index (χ0v) is 9.80. The van der Waals surface area contributed by atoms with Gasteiger partial charge in [0.1, 0.15) is 5.25 Å². The average Bonchev–Trinajstić information content (AvgIpc) is 2.03. The second-order valence-corrected chi connectivity index (χ2v) is 6.36. The van der Waals surface area contributed by atoms with Gasteiger partial charge < -0.3 is 5.73 Å². The van der Waals surface area contributed by atoms with E-state index in [2.05, 4.69) is 0 Å². The molecule has 1 atom stereocenters. The van der Waals surface area contributed by atoms with Gasteiger partial charge in [0.2, 0.25) is 5.91 Å².